The second-order valence-electron chi connectivity index (χ2n) is 4.92. The van der Waals surface area contributed by atoms with Crippen LogP contribution in [0.1, 0.15) is 24.5 Å². The van der Waals surface area contributed by atoms with Crippen molar-refractivity contribution in [2.24, 2.45) is 0 Å². The van der Waals surface area contributed by atoms with E-state index in [-0.39, 0.29) is 4.90 Å². The molecule has 21 heavy (non-hydrogen) atoms. The van der Waals surface area contributed by atoms with Crippen LogP contribution in [0.25, 0.3) is 0 Å². The summed E-state index contributed by atoms with van der Waals surface area (Å²) >= 11 is 3.38. The molecule has 0 aliphatic heterocycles. The van der Waals surface area contributed by atoms with Crippen LogP contribution in [0, 0.1) is 6.92 Å². The quantitative estimate of drug-likeness (QED) is 0.844. The first-order chi connectivity index (χ1) is 9.94. The molecule has 0 aliphatic rings. The molecule has 112 valence electrons. The van der Waals surface area contributed by atoms with Crippen LogP contribution in [0.3, 0.4) is 0 Å². The van der Waals surface area contributed by atoms with Crippen molar-refractivity contribution in [2.75, 3.05) is 4.72 Å². The zero-order chi connectivity index (χ0) is 15.5. The van der Waals surface area contributed by atoms with Crippen LogP contribution in [0.15, 0.2) is 51.8 Å². The van der Waals surface area contributed by atoms with Gasteiger partial charge in [-0.15, -0.1) is 0 Å². The first kappa shape index (κ1) is 16.0. The predicted octanol–water partition coefficient (Wildman–Crippen LogP) is 4.51. The predicted molar refractivity (Wildman–Crippen MR) is 90.1 cm³/mol. The van der Waals surface area contributed by atoms with E-state index in [1.54, 1.807) is 24.3 Å². The molecular weight excluding hydrogens is 350 g/mol. The molecule has 0 saturated heterocycles. The number of halogens is 1. The Balaban J connectivity index is 2.35. The van der Waals surface area contributed by atoms with Crippen LogP contribution in [0.2, 0.25) is 0 Å². The van der Waals surface area contributed by atoms with Crippen LogP contribution in [0.4, 0.5) is 5.69 Å². The molecule has 2 aromatic carbocycles. The van der Waals surface area contributed by atoms with E-state index in [1.807, 2.05) is 25.1 Å². The largest absolute Gasteiger partial charge is 0.279 e. The summed E-state index contributed by atoms with van der Waals surface area (Å²) in [5, 5.41) is 0. The standard InChI is InChI=1S/C16H18BrNO2S/c1-3-6-13-7-4-5-8-16(13)18-21(19,20)14-9-10-15(17)12(2)11-14/h4-5,7-11,18H,3,6H2,1-2H3. The molecule has 0 amide bonds. The minimum Gasteiger partial charge on any atom is -0.279 e. The van der Waals surface area contributed by atoms with Gasteiger partial charge in [0.2, 0.25) is 0 Å². The van der Waals surface area contributed by atoms with Crippen molar-refractivity contribution < 1.29 is 8.42 Å². The number of benzene rings is 2. The molecule has 2 rings (SSSR count). The van der Waals surface area contributed by atoms with Crippen LogP contribution in [-0.2, 0) is 16.4 Å². The lowest BCUT2D eigenvalue weighted by molar-refractivity contribution is 0.601. The molecule has 0 unspecified atom stereocenters. The maximum Gasteiger partial charge on any atom is 0.261 e. The van der Waals surface area contributed by atoms with Crippen LogP contribution < -0.4 is 4.72 Å². The van der Waals surface area contributed by atoms with Gasteiger partial charge in [-0.1, -0.05) is 47.5 Å². The molecule has 1 N–H and O–H groups in total. The van der Waals surface area contributed by atoms with Gasteiger partial charge in [-0.2, -0.15) is 0 Å². The third-order valence-corrected chi connectivity index (χ3v) is 5.47. The second-order valence-corrected chi connectivity index (χ2v) is 7.46. The van der Waals surface area contributed by atoms with Gasteiger partial charge in [-0.3, -0.25) is 4.72 Å². The average molecular weight is 368 g/mol. The van der Waals surface area contributed by atoms with E-state index in [9.17, 15) is 8.42 Å². The third kappa shape index (κ3) is 3.86. The topological polar surface area (TPSA) is 46.2 Å². The van der Waals surface area contributed by atoms with Gasteiger partial charge in [0.15, 0.2) is 0 Å². The fraction of sp³-hybridized carbons (Fsp3) is 0.250. The van der Waals surface area contributed by atoms with Gasteiger partial charge in [0, 0.05) is 4.47 Å². The first-order valence-electron chi connectivity index (χ1n) is 6.81. The summed E-state index contributed by atoms with van der Waals surface area (Å²) in [7, 11) is -3.56. The monoisotopic (exact) mass is 367 g/mol. The highest BCUT2D eigenvalue weighted by atomic mass is 79.9. The molecule has 0 saturated carbocycles. The molecule has 3 nitrogen and oxygen atoms in total. The Kier molecular flexibility index (Phi) is 5.06. The van der Waals surface area contributed by atoms with E-state index < -0.39 is 10.0 Å². The summed E-state index contributed by atoms with van der Waals surface area (Å²) in [6, 6.07) is 12.5. The first-order valence-corrected chi connectivity index (χ1v) is 9.08. The Bertz CT molecular complexity index is 742. The highest BCUT2D eigenvalue weighted by molar-refractivity contribution is 9.10. The number of aryl methyl sites for hydroxylation is 2. The molecule has 0 heterocycles. The van der Waals surface area contributed by atoms with E-state index in [0.29, 0.717) is 5.69 Å². The maximum atomic E-state index is 12.5. The lowest BCUT2D eigenvalue weighted by atomic mass is 10.1. The van der Waals surface area contributed by atoms with E-state index in [2.05, 4.69) is 27.6 Å². The molecule has 0 atom stereocenters. The molecule has 5 heteroatoms. The van der Waals surface area contributed by atoms with Gasteiger partial charge in [-0.25, -0.2) is 8.42 Å². The number of nitrogens with one attached hydrogen (secondary N) is 1. The van der Waals surface area contributed by atoms with Crippen molar-refractivity contribution >= 4 is 31.6 Å². The fourth-order valence-electron chi connectivity index (χ4n) is 2.10. The van der Waals surface area contributed by atoms with E-state index in [0.717, 1.165) is 28.4 Å². The minimum atomic E-state index is -3.56. The highest BCUT2D eigenvalue weighted by Gasteiger charge is 2.16. The Labute approximate surface area is 134 Å². The molecule has 0 aliphatic carbocycles. The lowest BCUT2D eigenvalue weighted by Gasteiger charge is -2.13. The number of anilines is 1. The Morgan fingerprint density at radius 1 is 1.14 bits per heavy atom. The number of para-hydroxylation sites is 1. The maximum absolute atomic E-state index is 12.5. The smallest absolute Gasteiger partial charge is 0.261 e. The molecule has 0 radical (unpaired) electrons. The van der Waals surface area contributed by atoms with Crippen LogP contribution in [-0.4, -0.2) is 8.42 Å². The number of rotatable bonds is 5. The summed E-state index contributed by atoms with van der Waals surface area (Å²) in [6.45, 7) is 3.94. The molecular formula is C16H18BrNO2S. The van der Waals surface area contributed by atoms with Crippen molar-refractivity contribution in [3.8, 4) is 0 Å². The van der Waals surface area contributed by atoms with Gasteiger partial charge < -0.3 is 0 Å². The Morgan fingerprint density at radius 3 is 2.52 bits per heavy atom. The summed E-state index contributed by atoms with van der Waals surface area (Å²) in [5.74, 6) is 0. The van der Waals surface area contributed by atoms with Gasteiger partial charge in [-0.05, 0) is 48.7 Å². The molecule has 0 spiro atoms. The van der Waals surface area contributed by atoms with Crippen LogP contribution in [0.5, 0.6) is 0 Å². The molecule has 0 fully saturated rings. The van der Waals surface area contributed by atoms with E-state index in [1.165, 1.54) is 0 Å². The molecule has 0 aromatic heterocycles. The van der Waals surface area contributed by atoms with Gasteiger partial charge in [0.1, 0.15) is 0 Å². The number of sulfonamides is 1. The zero-order valence-electron chi connectivity index (χ0n) is 12.1. The normalized spacial score (nSPS) is 11.4. The summed E-state index contributed by atoms with van der Waals surface area (Å²) in [4.78, 5) is 0.273. The number of hydrogen-bond acceptors (Lipinski definition) is 2. The average Bonchev–Trinajstić information content (AvgIpc) is 2.44. The van der Waals surface area contributed by atoms with Crippen LogP contribution >= 0.6 is 15.9 Å². The highest BCUT2D eigenvalue weighted by Crippen LogP contribution is 2.24. The van der Waals surface area contributed by atoms with E-state index >= 15 is 0 Å². The van der Waals surface area contributed by atoms with Gasteiger partial charge in [0.25, 0.3) is 10.0 Å². The van der Waals surface area contributed by atoms with Crippen molar-refractivity contribution in [3.05, 3.63) is 58.1 Å². The summed E-state index contributed by atoms with van der Waals surface area (Å²) in [6.07, 6.45) is 1.81. The van der Waals surface area contributed by atoms with Gasteiger partial charge in [0.05, 0.1) is 10.6 Å². The van der Waals surface area contributed by atoms with Crippen molar-refractivity contribution in [1.82, 2.24) is 0 Å². The minimum absolute atomic E-state index is 0.273. The van der Waals surface area contributed by atoms with Crippen molar-refractivity contribution in [1.29, 1.82) is 0 Å². The van der Waals surface area contributed by atoms with Crippen molar-refractivity contribution in [2.45, 2.75) is 31.6 Å². The Hall–Kier alpha value is -1.33. The summed E-state index contributed by atoms with van der Waals surface area (Å²) in [5.41, 5.74) is 2.55. The second kappa shape index (κ2) is 6.62. The van der Waals surface area contributed by atoms with Gasteiger partial charge >= 0.3 is 0 Å². The summed E-state index contributed by atoms with van der Waals surface area (Å²) < 4.78 is 28.6. The third-order valence-electron chi connectivity index (χ3n) is 3.22. The SMILES string of the molecule is CCCc1ccccc1NS(=O)(=O)c1ccc(Br)c(C)c1. The molecule has 0 bridgehead atoms. The Morgan fingerprint density at radius 2 is 1.86 bits per heavy atom. The fourth-order valence-corrected chi connectivity index (χ4v) is 3.53. The molecule has 2 aromatic rings. The number of hydrogen-bond donors (Lipinski definition) is 1. The van der Waals surface area contributed by atoms with Crippen molar-refractivity contribution in [3.63, 3.8) is 0 Å². The van der Waals surface area contributed by atoms with E-state index in [4.69, 9.17) is 0 Å². The zero-order valence-corrected chi connectivity index (χ0v) is 14.5. The lowest BCUT2D eigenvalue weighted by Crippen LogP contribution is -2.14.